The second kappa shape index (κ2) is 5.61. The average Bonchev–Trinajstić information content (AvgIpc) is 2.96. The van der Waals surface area contributed by atoms with Crippen LogP contribution in [0, 0.1) is 0 Å². The minimum atomic E-state index is 0.498. The molecule has 2 heteroatoms. The van der Waals surface area contributed by atoms with E-state index in [1.165, 1.54) is 31.8 Å². The number of nitrogens with zero attached hydrogens (tertiary/aromatic N) is 1. The summed E-state index contributed by atoms with van der Waals surface area (Å²) in [5.41, 5.74) is 2.67. The Labute approximate surface area is 130 Å². The fraction of sp³-hybridized carbons (Fsp3) is 0.316. The number of aromatic nitrogens is 1. The van der Waals surface area contributed by atoms with Gasteiger partial charge in [-0.05, 0) is 33.9 Å². The number of benzene rings is 2. The molecule has 0 fully saturated rings. The van der Waals surface area contributed by atoms with Crippen LogP contribution >= 0.6 is 11.3 Å². The number of hydrogen-bond donors (Lipinski definition) is 0. The molecule has 1 heterocycles. The smallest absolute Gasteiger partial charge is 0.0956 e. The molecule has 3 rings (SSSR count). The van der Waals surface area contributed by atoms with Crippen LogP contribution < -0.4 is 0 Å². The largest absolute Gasteiger partial charge is 0.249 e. The van der Waals surface area contributed by atoms with Crippen LogP contribution in [0.3, 0.4) is 0 Å². The fourth-order valence-corrected chi connectivity index (χ4v) is 3.38. The summed E-state index contributed by atoms with van der Waals surface area (Å²) in [7, 11) is 0. The molecule has 0 N–H and O–H groups in total. The first-order valence-corrected chi connectivity index (χ1v) is 8.36. The first kappa shape index (κ1) is 14.3. The van der Waals surface area contributed by atoms with Crippen LogP contribution in [0.1, 0.15) is 50.1 Å². The van der Waals surface area contributed by atoms with Gasteiger partial charge in [0.2, 0.25) is 0 Å². The van der Waals surface area contributed by atoms with E-state index in [0.717, 1.165) is 0 Å². The Hall–Kier alpha value is -1.67. The first-order valence-electron chi connectivity index (χ1n) is 7.54. The van der Waals surface area contributed by atoms with Crippen molar-refractivity contribution in [3.8, 4) is 10.4 Å². The van der Waals surface area contributed by atoms with E-state index in [0.29, 0.717) is 11.8 Å². The van der Waals surface area contributed by atoms with Gasteiger partial charge in [-0.3, -0.25) is 0 Å². The summed E-state index contributed by atoms with van der Waals surface area (Å²) in [4.78, 5) is 5.79. The molecule has 0 unspecified atom stereocenters. The van der Waals surface area contributed by atoms with E-state index < -0.39 is 0 Å². The summed E-state index contributed by atoms with van der Waals surface area (Å²) in [6.07, 6.45) is 2.00. The van der Waals surface area contributed by atoms with Gasteiger partial charge in [-0.1, -0.05) is 58.0 Å². The van der Waals surface area contributed by atoms with E-state index in [1.54, 1.807) is 11.3 Å². The van der Waals surface area contributed by atoms with E-state index in [-0.39, 0.29) is 0 Å². The molecule has 1 aromatic heterocycles. The molecule has 3 aromatic rings. The third-order valence-corrected chi connectivity index (χ3v) is 5.18. The third-order valence-electron chi connectivity index (χ3n) is 3.83. The molecule has 0 atom stereocenters. The van der Waals surface area contributed by atoms with E-state index in [2.05, 4.69) is 69.1 Å². The van der Waals surface area contributed by atoms with E-state index in [1.807, 2.05) is 6.20 Å². The molecule has 0 spiro atoms. The number of thiazole rings is 1. The van der Waals surface area contributed by atoms with Gasteiger partial charge in [0.15, 0.2) is 0 Å². The van der Waals surface area contributed by atoms with Gasteiger partial charge in [-0.25, -0.2) is 4.98 Å². The average molecular weight is 295 g/mol. The van der Waals surface area contributed by atoms with Gasteiger partial charge in [0.1, 0.15) is 0 Å². The highest BCUT2D eigenvalue weighted by molar-refractivity contribution is 7.15. The molecule has 2 aromatic carbocycles. The minimum Gasteiger partial charge on any atom is -0.249 e. The van der Waals surface area contributed by atoms with Crippen molar-refractivity contribution >= 4 is 22.1 Å². The summed E-state index contributed by atoms with van der Waals surface area (Å²) in [5, 5.41) is 3.83. The number of fused-ring (bicyclic) bond motifs is 1. The van der Waals surface area contributed by atoms with Gasteiger partial charge >= 0.3 is 0 Å². The molecule has 1 nitrogen and oxygen atoms in total. The van der Waals surface area contributed by atoms with Crippen molar-refractivity contribution in [1.29, 1.82) is 0 Å². The Bertz CT molecular complexity index is 768. The molecule has 0 bridgehead atoms. The van der Waals surface area contributed by atoms with Crippen molar-refractivity contribution in [3.63, 3.8) is 0 Å². The summed E-state index contributed by atoms with van der Waals surface area (Å²) >= 11 is 1.80. The summed E-state index contributed by atoms with van der Waals surface area (Å²) in [6.45, 7) is 8.85. The Balaban J connectivity index is 2.02. The topological polar surface area (TPSA) is 12.9 Å². The van der Waals surface area contributed by atoms with Crippen LogP contribution in [-0.4, -0.2) is 4.98 Å². The molecule has 0 aliphatic rings. The van der Waals surface area contributed by atoms with E-state index >= 15 is 0 Å². The first-order chi connectivity index (χ1) is 10.0. The molecule has 0 aliphatic heterocycles. The van der Waals surface area contributed by atoms with Gasteiger partial charge in [-0.2, -0.15) is 0 Å². The standard InChI is InChI=1S/C19H21NS/c1-12(2)14-5-6-16-10-17(8-7-15(16)9-14)18-11-20-19(21-18)13(3)4/h5-13H,1-4H3. The fourth-order valence-electron chi connectivity index (χ4n) is 2.46. The normalized spacial score (nSPS) is 11.7. The lowest BCUT2D eigenvalue weighted by Gasteiger charge is -2.08. The van der Waals surface area contributed by atoms with Crippen molar-refractivity contribution in [2.75, 3.05) is 0 Å². The van der Waals surface area contributed by atoms with Crippen LogP contribution in [0.25, 0.3) is 21.2 Å². The van der Waals surface area contributed by atoms with Crippen molar-refractivity contribution in [1.82, 2.24) is 4.98 Å². The second-order valence-electron chi connectivity index (χ2n) is 6.19. The summed E-state index contributed by atoms with van der Waals surface area (Å²) in [6, 6.07) is 13.5. The number of rotatable bonds is 3. The molecule has 21 heavy (non-hydrogen) atoms. The van der Waals surface area contributed by atoms with Crippen LogP contribution in [-0.2, 0) is 0 Å². The molecule has 0 saturated carbocycles. The Morgan fingerprint density at radius 2 is 1.57 bits per heavy atom. The maximum atomic E-state index is 4.53. The van der Waals surface area contributed by atoms with E-state index in [9.17, 15) is 0 Å². The number of hydrogen-bond acceptors (Lipinski definition) is 2. The lowest BCUT2D eigenvalue weighted by atomic mass is 9.98. The van der Waals surface area contributed by atoms with Crippen LogP contribution in [0.5, 0.6) is 0 Å². The van der Waals surface area contributed by atoms with Crippen LogP contribution in [0.15, 0.2) is 42.6 Å². The zero-order valence-electron chi connectivity index (χ0n) is 13.1. The zero-order chi connectivity index (χ0) is 15.0. The monoisotopic (exact) mass is 295 g/mol. The highest BCUT2D eigenvalue weighted by Crippen LogP contribution is 2.32. The van der Waals surface area contributed by atoms with Gasteiger partial charge in [0.25, 0.3) is 0 Å². The van der Waals surface area contributed by atoms with Gasteiger partial charge in [0, 0.05) is 12.1 Å². The van der Waals surface area contributed by atoms with Crippen molar-refractivity contribution < 1.29 is 0 Å². The molecule has 0 radical (unpaired) electrons. The van der Waals surface area contributed by atoms with Crippen LogP contribution in [0.2, 0.25) is 0 Å². The van der Waals surface area contributed by atoms with Gasteiger partial charge in [0.05, 0.1) is 9.88 Å². The molecule has 0 aliphatic carbocycles. The molecule has 108 valence electrons. The molecular formula is C19H21NS. The Kier molecular flexibility index (Phi) is 3.81. The van der Waals surface area contributed by atoms with E-state index in [4.69, 9.17) is 0 Å². The zero-order valence-corrected chi connectivity index (χ0v) is 13.9. The maximum Gasteiger partial charge on any atom is 0.0956 e. The quantitative estimate of drug-likeness (QED) is 0.559. The maximum absolute atomic E-state index is 4.53. The van der Waals surface area contributed by atoms with Gasteiger partial charge < -0.3 is 0 Å². The predicted octanol–water partition coefficient (Wildman–Crippen LogP) is 6.21. The Morgan fingerprint density at radius 1 is 0.857 bits per heavy atom. The summed E-state index contributed by atoms with van der Waals surface area (Å²) < 4.78 is 0. The third kappa shape index (κ3) is 2.86. The SMILES string of the molecule is CC(C)c1ccc2cc(-c3cnc(C(C)C)s3)ccc2c1. The van der Waals surface area contributed by atoms with Crippen LogP contribution in [0.4, 0.5) is 0 Å². The van der Waals surface area contributed by atoms with Crippen molar-refractivity contribution in [3.05, 3.63) is 53.2 Å². The molecular weight excluding hydrogens is 274 g/mol. The van der Waals surface area contributed by atoms with Crippen molar-refractivity contribution in [2.24, 2.45) is 0 Å². The lowest BCUT2D eigenvalue weighted by molar-refractivity contribution is 0.852. The van der Waals surface area contributed by atoms with Crippen molar-refractivity contribution in [2.45, 2.75) is 39.5 Å². The van der Waals surface area contributed by atoms with Gasteiger partial charge in [-0.15, -0.1) is 11.3 Å². The highest BCUT2D eigenvalue weighted by Gasteiger charge is 2.08. The second-order valence-corrected chi connectivity index (χ2v) is 7.26. The Morgan fingerprint density at radius 3 is 2.24 bits per heavy atom. The predicted molar refractivity (Wildman–Crippen MR) is 93.2 cm³/mol. The lowest BCUT2D eigenvalue weighted by Crippen LogP contribution is -1.86. The summed E-state index contributed by atoms with van der Waals surface area (Å²) in [5.74, 6) is 1.07. The molecule has 0 saturated heterocycles. The molecule has 0 amide bonds. The minimum absolute atomic E-state index is 0.498. The highest BCUT2D eigenvalue weighted by atomic mass is 32.1.